The summed E-state index contributed by atoms with van der Waals surface area (Å²) in [6, 6.07) is 11.4. The zero-order valence-corrected chi connectivity index (χ0v) is 16.6. The van der Waals surface area contributed by atoms with Crippen molar-refractivity contribution in [1.82, 2.24) is 9.47 Å². The highest BCUT2D eigenvalue weighted by Gasteiger charge is 2.17. The van der Waals surface area contributed by atoms with Crippen molar-refractivity contribution in [2.45, 2.75) is 39.8 Å². The number of morpholine rings is 1. The lowest BCUT2D eigenvalue weighted by atomic mass is 10.0. The van der Waals surface area contributed by atoms with E-state index in [1.807, 2.05) is 0 Å². The number of hydrogen-bond acceptors (Lipinski definition) is 3. The summed E-state index contributed by atoms with van der Waals surface area (Å²) in [6.07, 6.45) is 0. The van der Waals surface area contributed by atoms with Crippen LogP contribution < -0.4 is 0 Å². The van der Waals surface area contributed by atoms with Crippen LogP contribution in [0.3, 0.4) is 0 Å². The topological polar surface area (TPSA) is 26.6 Å². The van der Waals surface area contributed by atoms with E-state index in [-0.39, 0.29) is 0 Å². The maximum atomic E-state index is 5.49. The van der Waals surface area contributed by atoms with Gasteiger partial charge in [0.15, 0.2) is 0 Å². The first-order valence-electron chi connectivity index (χ1n) is 9.68. The van der Waals surface area contributed by atoms with E-state index in [2.05, 4.69) is 60.6 Å². The van der Waals surface area contributed by atoms with Gasteiger partial charge in [0.2, 0.25) is 0 Å². The Morgan fingerprint density at radius 2 is 1.81 bits per heavy atom. The van der Waals surface area contributed by atoms with Crippen LogP contribution in [0.15, 0.2) is 30.3 Å². The molecule has 0 N–H and O–H groups in total. The van der Waals surface area contributed by atoms with Gasteiger partial charge in [-0.3, -0.25) is 4.90 Å². The molecule has 0 bridgehead atoms. The quantitative estimate of drug-likeness (QED) is 0.748. The summed E-state index contributed by atoms with van der Waals surface area (Å²) in [5.74, 6) is 0.558. The molecule has 1 aromatic heterocycles. The summed E-state index contributed by atoms with van der Waals surface area (Å²) in [7, 11) is 1.77. The fourth-order valence-corrected chi connectivity index (χ4v) is 3.61. The second-order valence-corrected chi connectivity index (χ2v) is 7.45. The van der Waals surface area contributed by atoms with Gasteiger partial charge in [-0.2, -0.15) is 0 Å². The van der Waals surface area contributed by atoms with Gasteiger partial charge in [-0.1, -0.05) is 38.1 Å². The zero-order chi connectivity index (χ0) is 18.5. The molecule has 0 saturated carbocycles. The molecule has 4 nitrogen and oxygen atoms in total. The maximum Gasteiger partial charge on any atom is 0.0642 e. The van der Waals surface area contributed by atoms with Gasteiger partial charge in [-0.05, 0) is 35.6 Å². The number of nitrogens with zero attached hydrogens (tertiary/aromatic N) is 2. The highest BCUT2D eigenvalue weighted by Crippen LogP contribution is 2.28. The van der Waals surface area contributed by atoms with Crippen LogP contribution in [0.5, 0.6) is 0 Å². The highest BCUT2D eigenvalue weighted by atomic mass is 16.5. The average Bonchev–Trinajstić information content (AvgIpc) is 2.96. The van der Waals surface area contributed by atoms with Crippen LogP contribution in [0, 0.1) is 6.92 Å². The van der Waals surface area contributed by atoms with E-state index < -0.39 is 0 Å². The van der Waals surface area contributed by atoms with Gasteiger partial charge in [-0.25, -0.2) is 0 Å². The van der Waals surface area contributed by atoms with Gasteiger partial charge in [0.1, 0.15) is 0 Å². The van der Waals surface area contributed by atoms with Crippen molar-refractivity contribution in [2.75, 3.05) is 40.0 Å². The molecule has 1 aliphatic rings. The van der Waals surface area contributed by atoms with Crippen molar-refractivity contribution in [3.8, 4) is 11.3 Å². The van der Waals surface area contributed by atoms with E-state index in [0.29, 0.717) is 5.92 Å². The molecule has 0 atom stereocenters. The Balaban J connectivity index is 1.90. The summed E-state index contributed by atoms with van der Waals surface area (Å²) in [6.45, 7) is 13.0. The normalized spacial score (nSPS) is 15.7. The maximum absolute atomic E-state index is 5.49. The first-order valence-corrected chi connectivity index (χ1v) is 9.68. The van der Waals surface area contributed by atoms with Gasteiger partial charge in [0.05, 0.1) is 19.8 Å². The number of ether oxygens (including phenoxy) is 2. The summed E-state index contributed by atoms with van der Waals surface area (Å²) >= 11 is 0. The van der Waals surface area contributed by atoms with Crippen molar-refractivity contribution >= 4 is 0 Å². The second-order valence-electron chi connectivity index (χ2n) is 7.45. The molecule has 0 aliphatic carbocycles. The fourth-order valence-electron chi connectivity index (χ4n) is 3.61. The third kappa shape index (κ3) is 4.37. The Morgan fingerprint density at radius 1 is 1.12 bits per heavy atom. The smallest absolute Gasteiger partial charge is 0.0642 e. The third-order valence-electron chi connectivity index (χ3n) is 5.36. The molecule has 1 aliphatic heterocycles. The molecule has 3 rings (SSSR count). The van der Waals surface area contributed by atoms with Crippen LogP contribution in [-0.2, 0) is 22.6 Å². The highest BCUT2D eigenvalue weighted by molar-refractivity contribution is 5.63. The summed E-state index contributed by atoms with van der Waals surface area (Å²) in [5.41, 5.74) is 6.70. The van der Waals surface area contributed by atoms with Crippen LogP contribution in [0.1, 0.15) is 36.6 Å². The summed E-state index contributed by atoms with van der Waals surface area (Å²) < 4.78 is 13.2. The Kier molecular flexibility index (Phi) is 6.52. The van der Waals surface area contributed by atoms with E-state index in [1.165, 1.54) is 28.1 Å². The van der Waals surface area contributed by atoms with Crippen LogP contribution in [0.2, 0.25) is 0 Å². The third-order valence-corrected chi connectivity index (χ3v) is 5.36. The van der Waals surface area contributed by atoms with Gasteiger partial charge in [0.25, 0.3) is 0 Å². The molecule has 1 saturated heterocycles. The van der Waals surface area contributed by atoms with E-state index >= 15 is 0 Å². The second kappa shape index (κ2) is 8.85. The first-order chi connectivity index (χ1) is 12.6. The molecule has 0 spiro atoms. The fraction of sp³-hybridized carbons (Fsp3) is 0.545. The van der Waals surface area contributed by atoms with Crippen molar-refractivity contribution in [1.29, 1.82) is 0 Å². The van der Waals surface area contributed by atoms with Crippen LogP contribution >= 0.6 is 0 Å². The zero-order valence-electron chi connectivity index (χ0n) is 16.6. The Labute approximate surface area is 157 Å². The lowest BCUT2D eigenvalue weighted by molar-refractivity contribution is 0.0341. The number of methoxy groups -OCH3 is 1. The Hall–Kier alpha value is -1.62. The minimum atomic E-state index is 0.558. The number of benzene rings is 1. The Bertz CT molecular complexity index is 698. The van der Waals surface area contributed by atoms with Gasteiger partial charge >= 0.3 is 0 Å². The molecule has 26 heavy (non-hydrogen) atoms. The van der Waals surface area contributed by atoms with Crippen LogP contribution in [0.4, 0.5) is 0 Å². The lowest BCUT2D eigenvalue weighted by Gasteiger charge is -2.26. The molecule has 4 heteroatoms. The van der Waals surface area contributed by atoms with E-state index in [4.69, 9.17) is 9.47 Å². The van der Waals surface area contributed by atoms with Crippen molar-refractivity contribution < 1.29 is 9.47 Å². The number of aromatic nitrogens is 1. The monoisotopic (exact) mass is 356 g/mol. The molecule has 0 unspecified atom stereocenters. The average molecular weight is 357 g/mol. The van der Waals surface area contributed by atoms with E-state index in [1.54, 1.807) is 7.11 Å². The van der Waals surface area contributed by atoms with Crippen LogP contribution in [-0.4, -0.2) is 49.5 Å². The molecular formula is C22H32N2O2. The predicted octanol–water partition coefficient (Wildman–Crippen LogP) is 4.07. The predicted molar refractivity (Wildman–Crippen MR) is 107 cm³/mol. The van der Waals surface area contributed by atoms with E-state index in [0.717, 1.165) is 46.0 Å². The van der Waals surface area contributed by atoms with E-state index in [9.17, 15) is 0 Å². The molecule has 1 fully saturated rings. The number of hydrogen-bond donors (Lipinski definition) is 0. The largest absolute Gasteiger partial charge is 0.383 e. The molecule has 0 amide bonds. The summed E-state index contributed by atoms with van der Waals surface area (Å²) in [5, 5.41) is 0. The van der Waals surface area contributed by atoms with Crippen LogP contribution in [0.25, 0.3) is 11.3 Å². The van der Waals surface area contributed by atoms with Gasteiger partial charge in [-0.15, -0.1) is 0 Å². The summed E-state index contributed by atoms with van der Waals surface area (Å²) in [4.78, 5) is 2.48. The number of rotatable bonds is 7. The van der Waals surface area contributed by atoms with Crippen molar-refractivity contribution in [3.05, 3.63) is 47.2 Å². The molecule has 2 aromatic rings. The van der Waals surface area contributed by atoms with Gasteiger partial charge in [0, 0.05) is 44.7 Å². The van der Waals surface area contributed by atoms with Crippen molar-refractivity contribution in [2.24, 2.45) is 0 Å². The molecule has 0 radical (unpaired) electrons. The van der Waals surface area contributed by atoms with Crippen molar-refractivity contribution in [3.63, 3.8) is 0 Å². The SMILES string of the molecule is COCCn1c(-c2ccc(C(C)C)cc2)cc(CN2CCOCC2)c1C. The molecule has 142 valence electrons. The molecular weight excluding hydrogens is 324 g/mol. The van der Waals surface area contributed by atoms with Gasteiger partial charge < -0.3 is 14.0 Å². The minimum absolute atomic E-state index is 0.558. The Morgan fingerprint density at radius 3 is 2.42 bits per heavy atom. The minimum Gasteiger partial charge on any atom is -0.383 e. The standard InChI is InChI=1S/C22H32N2O2/c1-17(2)19-5-7-20(8-6-19)22-15-21(16-23-9-13-26-14-10-23)18(3)24(22)11-12-25-4/h5-8,15,17H,9-14,16H2,1-4H3. The molecule has 1 aromatic carbocycles. The lowest BCUT2D eigenvalue weighted by Crippen LogP contribution is -2.35. The molecule has 2 heterocycles. The first kappa shape index (κ1) is 19.2.